The van der Waals surface area contributed by atoms with Gasteiger partial charge in [0, 0.05) is 0 Å². The van der Waals surface area contributed by atoms with Crippen LogP contribution in [0.15, 0.2) is 36.4 Å². The number of hydrogen-bond acceptors (Lipinski definition) is 8. The smallest absolute Gasteiger partial charge is 0.396 e. The number of esters is 2. The SMILES string of the molecule is O=C(Cc1cccc(CO)n1)OC(F)(F)C(F)(F)C(F)(F)OC(=O)Cc1cccc(CO)n1. The summed E-state index contributed by atoms with van der Waals surface area (Å²) in [5.74, 6) is -10.5. The topological polar surface area (TPSA) is 119 Å². The first-order chi connectivity index (χ1) is 15.3. The lowest BCUT2D eigenvalue weighted by atomic mass is 10.2. The molecule has 14 heteroatoms. The second kappa shape index (κ2) is 10.1. The number of rotatable bonds is 10. The van der Waals surface area contributed by atoms with Crippen LogP contribution in [-0.2, 0) is 45.1 Å². The molecule has 0 aromatic carbocycles. The number of carbonyl (C=O) groups excluding carboxylic acids is 2. The van der Waals surface area contributed by atoms with Gasteiger partial charge in [0.2, 0.25) is 0 Å². The number of ether oxygens (including phenoxy) is 2. The van der Waals surface area contributed by atoms with Crippen LogP contribution in [0.1, 0.15) is 22.8 Å². The molecule has 0 aliphatic rings. The summed E-state index contributed by atoms with van der Waals surface area (Å²) in [7, 11) is 0. The molecular weight excluding hydrogens is 466 g/mol. The van der Waals surface area contributed by atoms with Crippen molar-refractivity contribution in [2.45, 2.75) is 44.2 Å². The van der Waals surface area contributed by atoms with Crippen molar-refractivity contribution in [2.24, 2.45) is 0 Å². The van der Waals surface area contributed by atoms with Crippen LogP contribution in [0, 0.1) is 0 Å². The molecule has 0 bridgehead atoms. The van der Waals surface area contributed by atoms with Crippen LogP contribution in [0.5, 0.6) is 0 Å². The van der Waals surface area contributed by atoms with Crippen LogP contribution in [0.3, 0.4) is 0 Å². The van der Waals surface area contributed by atoms with Gasteiger partial charge in [-0.15, -0.1) is 0 Å². The van der Waals surface area contributed by atoms with E-state index in [-0.39, 0.29) is 22.8 Å². The molecule has 0 radical (unpaired) electrons. The number of aromatic nitrogens is 2. The molecule has 33 heavy (non-hydrogen) atoms. The Bertz CT molecular complexity index is 927. The number of alkyl halides is 6. The summed E-state index contributed by atoms with van der Waals surface area (Å²) in [6.45, 7) is -1.15. The summed E-state index contributed by atoms with van der Waals surface area (Å²) < 4.78 is 89.5. The number of halogens is 6. The minimum Gasteiger partial charge on any atom is -0.396 e. The number of carbonyl (C=O) groups is 2. The van der Waals surface area contributed by atoms with Crippen molar-refractivity contribution >= 4 is 11.9 Å². The second-order valence-electron chi connectivity index (χ2n) is 6.47. The van der Waals surface area contributed by atoms with Crippen molar-refractivity contribution in [3.05, 3.63) is 59.2 Å². The highest BCUT2D eigenvalue weighted by Gasteiger charge is 2.77. The molecule has 8 nitrogen and oxygen atoms in total. The molecule has 0 saturated carbocycles. The van der Waals surface area contributed by atoms with E-state index in [0.29, 0.717) is 0 Å². The Morgan fingerprint density at radius 2 is 1.03 bits per heavy atom. The highest BCUT2D eigenvalue weighted by atomic mass is 19.4. The number of aliphatic hydroxyl groups is 2. The molecule has 2 heterocycles. The largest absolute Gasteiger partial charge is 0.477 e. The van der Waals surface area contributed by atoms with Gasteiger partial charge in [0.1, 0.15) is 0 Å². The minimum absolute atomic E-state index is 0.0230. The number of nitrogens with zero attached hydrogens (tertiary/aromatic N) is 2. The summed E-state index contributed by atoms with van der Waals surface area (Å²) in [5, 5.41) is 17.9. The molecule has 0 unspecified atom stereocenters. The van der Waals surface area contributed by atoms with Crippen LogP contribution in [0.4, 0.5) is 26.3 Å². The van der Waals surface area contributed by atoms with Gasteiger partial charge in [-0.05, 0) is 24.3 Å². The zero-order valence-corrected chi connectivity index (χ0v) is 16.5. The van der Waals surface area contributed by atoms with Gasteiger partial charge in [-0.2, -0.15) is 26.3 Å². The van der Waals surface area contributed by atoms with E-state index in [1.165, 1.54) is 24.3 Å². The normalized spacial score (nSPS) is 12.4. The highest BCUT2D eigenvalue weighted by Crippen LogP contribution is 2.47. The summed E-state index contributed by atoms with van der Waals surface area (Å²) in [4.78, 5) is 30.5. The molecule has 2 rings (SSSR count). The van der Waals surface area contributed by atoms with E-state index in [1.54, 1.807) is 0 Å². The van der Waals surface area contributed by atoms with Crippen LogP contribution in [-0.4, -0.2) is 50.3 Å². The van der Waals surface area contributed by atoms with Crippen LogP contribution in [0.25, 0.3) is 0 Å². The summed E-state index contributed by atoms with van der Waals surface area (Å²) in [6, 6.07) is 7.39. The predicted octanol–water partition coefficient (Wildman–Crippen LogP) is 2.15. The van der Waals surface area contributed by atoms with E-state index >= 15 is 0 Å². The van der Waals surface area contributed by atoms with Crippen molar-refractivity contribution in [1.29, 1.82) is 0 Å². The standard InChI is InChI=1S/C19H16F6N2O6/c20-17(21,18(22,23)32-15(30)7-11-3-1-5-13(9-28)26-11)19(24,25)33-16(31)8-12-4-2-6-14(10-29)27-12/h1-6,28-29H,7-10H2. The molecule has 2 N–H and O–H groups in total. The molecule has 0 atom stereocenters. The fourth-order valence-corrected chi connectivity index (χ4v) is 2.38. The van der Waals surface area contributed by atoms with Gasteiger partial charge in [-0.3, -0.25) is 19.6 Å². The summed E-state index contributed by atoms with van der Waals surface area (Å²) in [6.07, 6.45) is -14.3. The van der Waals surface area contributed by atoms with E-state index < -0.39 is 56.1 Å². The van der Waals surface area contributed by atoms with E-state index in [0.717, 1.165) is 12.1 Å². The maximum absolute atomic E-state index is 13.9. The Balaban J connectivity index is 2.08. The molecule has 0 spiro atoms. The number of pyridine rings is 2. The zero-order chi connectivity index (χ0) is 24.9. The lowest BCUT2D eigenvalue weighted by Gasteiger charge is -2.30. The molecule has 0 saturated heterocycles. The fraction of sp³-hybridized carbons (Fsp3) is 0.368. The quantitative estimate of drug-likeness (QED) is 0.391. The zero-order valence-electron chi connectivity index (χ0n) is 16.5. The Hall–Kier alpha value is -3.26. The third kappa shape index (κ3) is 6.38. The van der Waals surface area contributed by atoms with E-state index in [1.807, 2.05) is 0 Å². The molecular formula is C19H16F6N2O6. The Morgan fingerprint density at radius 1 is 0.697 bits per heavy atom. The predicted molar refractivity (Wildman–Crippen MR) is 94.8 cm³/mol. The first-order valence-electron chi connectivity index (χ1n) is 8.99. The van der Waals surface area contributed by atoms with Crippen molar-refractivity contribution < 1.29 is 55.6 Å². The van der Waals surface area contributed by atoms with E-state index in [4.69, 9.17) is 10.2 Å². The van der Waals surface area contributed by atoms with Gasteiger partial charge in [0.15, 0.2) is 0 Å². The minimum atomic E-state index is -6.44. The monoisotopic (exact) mass is 482 g/mol. The van der Waals surface area contributed by atoms with E-state index in [9.17, 15) is 35.9 Å². The van der Waals surface area contributed by atoms with E-state index in [2.05, 4.69) is 19.4 Å². The maximum Gasteiger partial charge on any atom is 0.477 e. The lowest BCUT2D eigenvalue weighted by molar-refractivity contribution is -0.431. The average Bonchev–Trinajstić information content (AvgIpc) is 2.72. The number of aliphatic hydroxyl groups excluding tert-OH is 2. The number of hydrogen-bond donors (Lipinski definition) is 2. The van der Waals surface area contributed by atoms with Gasteiger partial charge in [-0.1, -0.05) is 12.1 Å². The van der Waals surface area contributed by atoms with Gasteiger partial charge >= 0.3 is 30.1 Å². The van der Waals surface area contributed by atoms with Crippen LogP contribution in [0.2, 0.25) is 0 Å². The third-order valence-corrected chi connectivity index (χ3v) is 3.92. The Labute approximate surface area is 181 Å². The average molecular weight is 482 g/mol. The van der Waals surface area contributed by atoms with Gasteiger partial charge in [0.05, 0.1) is 48.8 Å². The van der Waals surface area contributed by atoms with Crippen LogP contribution < -0.4 is 0 Å². The van der Waals surface area contributed by atoms with Gasteiger partial charge in [-0.25, -0.2) is 0 Å². The van der Waals surface area contributed by atoms with Crippen LogP contribution >= 0.6 is 0 Å². The Morgan fingerprint density at radius 3 is 1.36 bits per heavy atom. The third-order valence-electron chi connectivity index (χ3n) is 3.92. The van der Waals surface area contributed by atoms with Crippen molar-refractivity contribution in [2.75, 3.05) is 0 Å². The highest BCUT2D eigenvalue weighted by molar-refractivity contribution is 5.73. The fourth-order valence-electron chi connectivity index (χ4n) is 2.38. The molecule has 0 fully saturated rings. The molecule has 0 aliphatic carbocycles. The molecule has 180 valence electrons. The summed E-state index contributed by atoms with van der Waals surface area (Å²) >= 11 is 0. The van der Waals surface area contributed by atoms with Gasteiger partial charge in [0.25, 0.3) is 0 Å². The first kappa shape index (κ1) is 26.0. The first-order valence-corrected chi connectivity index (χ1v) is 8.99. The Kier molecular flexibility index (Phi) is 7.97. The second-order valence-corrected chi connectivity index (χ2v) is 6.47. The molecule has 2 aromatic heterocycles. The van der Waals surface area contributed by atoms with Gasteiger partial charge < -0.3 is 19.7 Å². The molecule has 2 aromatic rings. The molecule has 0 amide bonds. The van der Waals surface area contributed by atoms with Crippen molar-refractivity contribution in [3.63, 3.8) is 0 Å². The van der Waals surface area contributed by atoms with Crippen molar-refractivity contribution in [1.82, 2.24) is 9.97 Å². The summed E-state index contributed by atoms with van der Waals surface area (Å²) in [5.41, 5.74) is -0.479. The maximum atomic E-state index is 13.9. The molecule has 0 aliphatic heterocycles. The lowest BCUT2D eigenvalue weighted by Crippen LogP contribution is -2.58. The van der Waals surface area contributed by atoms with Crippen molar-refractivity contribution in [3.8, 4) is 0 Å².